The van der Waals surface area contributed by atoms with Crippen molar-refractivity contribution >= 4 is 10.0 Å². The van der Waals surface area contributed by atoms with Crippen LogP contribution in [0.15, 0.2) is 21.3 Å². The number of rotatable bonds is 5. The van der Waals surface area contributed by atoms with Gasteiger partial charge in [0.1, 0.15) is 17.6 Å². The van der Waals surface area contributed by atoms with E-state index < -0.39 is 15.6 Å². The molecule has 1 aliphatic carbocycles. The van der Waals surface area contributed by atoms with Gasteiger partial charge >= 0.3 is 5.63 Å². The quantitative estimate of drug-likeness (QED) is 0.810. The molecule has 6 nitrogen and oxygen atoms in total. The molecular formula is C17H25NO5S. The van der Waals surface area contributed by atoms with Crippen molar-refractivity contribution in [3.8, 4) is 5.75 Å². The third-order valence-electron chi connectivity index (χ3n) is 4.84. The molecule has 0 aromatic carbocycles. The van der Waals surface area contributed by atoms with E-state index in [1.165, 1.54) is 12.5 Å². The van der Waals surface area contributed by atoms with E-state index in [9.17, 15) is 13.2 Å². The lowest BCUT2D eigenvalue weighted by Gasteiger charge is -2.24. The molecule has 0 amide bonds. The zero-order valence-corrected chi connectivity index (χ0v) is 14.9. The fourth-order valence-electron chi connectivity index (χ4n) is 3.64. The average molecular weight is 355 g/mol. The predicted molar refractivity (Wildman–Crippen MR) is 90.7 cm³/mol. The van der Waals surface area contributed by atoms with Gasteiger partial charge in [0, 0.05) is 12.6 Å². The number of sulfonamides is 1. The van der Waals surface area contributed by atoms with Gasteiger partial charge in [-0.3, -0.25) is 0 Å². The summed E-state index contributed by atoms with van der Waals surface area (Å²) in [6.07, 6.45) is 5.97. The summed E-state index contributed by atoms with van der Waals surface area (Å²) in [4.78, 5) is 11.4. The standard InChI is InChI=1S/C17H25NO5S/c1-13-9-16(10-17(19)22-13)23-15-7-8-18(11-15)24(20,21)12-14-5-3-2-4-6-14/h9-10,14-15H,2-8,11-12H2,1H3. The highest BCUT2D eigenvalue weighted by Gasteiger charge is 2.34. The first-order chi connectivity index (χ1) is 11.4. The highest BCUT2D eigenvalue weighted by atomic mass is 32.2. The number of hydrogen-bond acceptors (Lipinski definition) is 5. The van der Waals surface area contributed by atoms with Crippen molar-refractivity contribution in [3.63, 3.8) is 0 Å². The summed E-state index contributed by atoms with van der Waals surface area (Å²) in [5, 5.41) is 0. The molecule has 1 saturated carbocycles. The molecule has 24 heavy (non-hydrogen) atoms. The Kier molecular flexibility index (Phi) is 5.30. The number of hydrogen-bond donors (Lipinski definition) is 0. The van der Waals surface area contributed by atoms with E-state index in [0.717, 1.165) is 25.7 Å². The van der Waals surface area contributed by atoms with Gasteiger partial charge in [0.25, 0.3) is 0 Å². The topological polar surface area (TPSA) is 76.8 Å². The molecule has 134 valence electrons. The van der Waals surface area contributed by atoms with Gasteiger partial charge in [0.15, 0.2) is 0 Å². The van der Waals surface area contributed by atoms with Gasteiger partial charge < -0.3 is 9.15 Å². The first kappa shape index (κ1) is 17.5. The van der Waals surface area contributed by atoms with E-state index in [1.807, 2.05) is 0 Å². The van der Waals surface area contributed by atoms with Crippen molar-refractivity contribution in [3.05, 3.63) is 28.3 Å². The molecule has 1 aliphatic heterocycles. The van der Waals surface area contributed by atoms with Crippen LogP contribution in [0.1, 0.15) is 44.3 Å². The minimum Gasteiger partial charge on any atom is -0.489 e. The molecule has 1 aromatic rings. The first-order valence-electron chi connectivity index (χ1n) is 8.69. The zero-order chi connectivity index (χ0) is 17.2. The SMILES string of the molecule is Cc1cc(OC2CCN(S(=O)(=O)CC3CCCCC3)C2)cc(=O)o1. The van der Waals surface area contributed by atoms with Crippen molar-refractivity contribution in [2.75, 3.05) is 18.8 Å². The van der Waals surface area contributed by atoms with E-state index in [0.29, 0.717) is 36.9 Å². The average Bonchev–Trinajstić information content (AvgIpc) is 2.96. The molecule has 1 atom stereocenters. The second-order valence-corrected chi connectivity index (χ2v) is 8.91. The monoisotopic (exact) mass is 355 g/mol. The number of aryl methyl sites for hydroxylation is 1. The van der Waals surface area contributed by atoms with Crippen LogP contribution in [0.2, 0.25) is 0 Å². The van der Waals surface area contributed by atoms with Gasteiger partial charge in [0.2, 0.25) is 10.0 Å². The third-order valence-corrected chi connectivity index (χ3v) is 6.85. The highest BCUT2D eigenvalue weighted by molar-refractivity contribution is 7.89. The predicted octanol–water partition coefficient (Wildman–Crippen LogP) is 2.31. The fourth-order valence-corrected chi connectivity index (χ4v) is 5.56. The molecule has 3 rings (SSSR count). The Morgan fingerprint density at radius 2 is 1.96 bits per heavy atom. The Morgan fingerprint density at radius 1 is 1.21 bits per heavy atom. The first-order valence-corrected chi connectivity index (χ1v) is 10.3. The van der Waals surface area contributed by atoms with Crippen LogP contribution in [0.4, 0.5) is 0 Å². The Hall–Kier alpha value is -1.34. The third kappa shape index (κ3) is 4.39. The lowest BCUT2D eigenvalue weighted by Crippen LogP contribution is -2.35. The maximum absolute atomic E-state index is 12.6. The molecule has 2 aliphatic rings. The van der Waals surface area contributed by atoms with Crippen molar-refractivity contribution in [2.24, 2.45) is 5.92 Å². The van der Waals surface area contributed by atoms with E-state index in [4.69, 9.17) is 9.15 Å². The minimum atomic E-state index is -3.23. The normalized spacial score (nSPS) is 23.5. The van der Waals surface area contributed by atoms with Gasteiger partial charge in [-0.05, 0) is 32.1 Å². The lowest BCUT2D eigenvalue weighted by molar-refractivity contribution is 0.212. The summed E-state index contributed by atoms with van der Waals surface area (Å²) < 4.78 is 37.5. The number of ether oxygens (including phenoxy) is 1. The maximum Gasteiger partial charge on any atom is 0.339 e. The maximum atomic E-state index is 12.6. The molecule has 0 N–H and O–H groups in total. The molecule has 0 radical (unpaired) electrons. The lowest BCUT2D eigenvalue weighted by atomic mass is 9.91. The Balaban J connectivity index is 1.58. The van der Waals surface area contributed by atoms with Crippen molar-refractivity contribution < 1.29 is 17.6 Å². The summed E-state index contributed by atoms with van der Waals surface area (Å²) in [6, 6.07) is 2.95. The van der Waals surface area contributed by atoms with Crippen molar-refractivity contribution in [1.29, 1.82) is 0 Å². The molecule has 2 fully saturated rings. The van der Waals surface area contributed by atoms with E-state index >= 15 is 0 Å². The minimum absolute atomic E-state index is 0.215. The van der Waals surface area contributed by atoms with Crippen LogP contribution in [-0.4, -0.2) is 37.7 Å². The van der Waals surface area contributed by atoms with Crippen LogP contribution in [0, 0.1) is 12.8 Å². The van der Waals surface area contributed by atoms with Crippen molar-refractivity contribution in [2.45, 2.75) is 51.6 Å². The second kappa shape index (κ2) is 7.27. The van der Waals surface area contributed by atoms with Crippen LogP contribution in [0.5, 0.6) is 5.75 Å². The molecule has 1 unspecified atom stereocenters. The summed E-state index contributed by atoms with van der Waals surface area (Å²) in [6.45, 7) is 2.53. The Bertz CT molecular complexity index is 721. The molecule has 7 heteroatoms. The van der Waals surface area contributed by atoms with Crippen LogP contribution in [0.3, 0.4) is 0 Å². The fraction of sp³-hybridized carbons (Fsp3) is 0.706. The van der Waals surface area contributed by atoms with Crippen LogP contribution in [-0.2, 0) is 10.0 Å². The van der Waals surface area contributed by atoms with E-state index in [-0.39, 0.29) is 11.9 Å². The second-order valence-electron chi connectivity index (χ2n) is 6.89. The van der Waals surface area contributed by atoms with E-state index in [2.05, 4.69) is 0 Å². The zero-order valence-electron chi connectivity index (χ0n) is 14.1. The Labute approximate surface area is 142 Å². The Morgan fingerprint density at radius 3 is 2.67 bits per heavy atom. The molecule has 0 spiro atoms. The smallest absolute Gasteiger partial charge is 0.339 e. The molecule has 2 heterocycles. The van der Waals surface area contributed by atoms with Gasteiger partial charge in [-0.1, -0.05) is 19.3 Å². The highest BCUT2D eigenvalue weighted by Crippen LogP contribution is 2.27. The van der Waals surface area contributed by atoms with Gasteiger partial charge in [-0.2, -0.15) is 4.31 Å². The number of nitrogens with zero attached hydrogens (tertiary/aromatic N) is 1. The summed E-state index contributed by atoms with van der Waals surface area (Å²) in [7, 11) is -3.23. The van der Waals surface area contributed by atoms with Crippen LogP contribution < -0.4 is 10.4 Å². The summed E-state index contributed by atoms with van der Waals surface area (Å²) in [5.74, 6) is 1.48. The molecular weight excluding hydrogens is 330 g/mol. The molecule has 0 bridgehead atoms. The van der Waals surface area contributed by atoms with E-state index in [1.54, 1.807) is 17.3 Å². The van der Waals surface area contributed by atoms with Crippen LogP contribution >= 0.6 is 0 Å². The molecule has 1 aromatic heterocycles. The molecule has 1 saturated heterocycles. The van der Waals surface area contributed by atoms with Gasteiger partial charge in [-0.25, -0.2) is 13.2 Å². The summed E-state index contributed by atoms with van der Waals surface area (Å²) >= 11 is 0. The van der Waals surface area contributed by atoms with Crippen molar-refractivity contribution in [1.82, 2.24) is 4.31 Å². The van der Waals surface area contributed by atoms with Crippen LogP contribution in [0.25, 0.3) is 0 Å². The van der Waals surface area contributed by atoms with Gasteiger partial charge in [-0.15, -0.1) is 0 Å². The van der Waals surface area contributed by atoms with Gasteiger partial charge in [0.05, 0.1) is 18.4 Å². The largest absolute Gasteiger partial charge is 0.489 e. The summed E-state index contributed by atoms with van der Waals surface area (Å²) in [5.41, 5.74) is -0.454.